The van der Waals surface area contributed by atoms with Crippen molar-refractivity contribution in [3.05, 3.63) is 48.0 Å². The van der Waals surface area contributed by atoms with Gasteiger partial charge in [0.05, 0.1) is 6.10 Å². The summed E-state index contributed by atoms with van der Waals surface area (Å²) in [5, 5.41) is 2.94. The highest BCUT2D eigenvalue weighted by Gasteiger charge is 2.29. The van der Waals surface area contributed by atoms with Gasteiger partial charge in [0.1, 0.15) is 5.72 Å². The molecule has 1 aliphatic rings. The van der Waals surface area contributed by atoms with Gasteiger partial charge in [-0.1, -0.05) is 30.3 Å². The highest BCUT2D eigenvalue weighted by atomic mass is 16.5. The Labute approximate surface area is 121 Å². The van der Waals surface area contributed by atoms with Gasteiger partial charge in [-0.15, -0.1) is 6.58 Å². The summed E-state index contributed by atoms with van der Waals surface area (Å²) in [6.07, 6.45) is 4.88. The zero-order valence-electron chi connectivity index (χ0n) is 12.3. The topological polar surface area (TPSA) is 38.3 Å². The zero-order valence-corrected chi connectivity index (χ0v) is 12.3. The maximum atomic E-state index is 11.8. The summed E-state index contributed by atoms with van der Waals surface area (Å²) in [6, 6.07) is 8.41. The summed E-state index contributed by atoms with van der Waals surface area (Å²) >= 11 is 0. The molecule has 108 valence electrons. The molecule has 1 amide bonds. The maximum Gasteiger partial charge on any atom is 0.222 e. The smallest absolute Gasteiger partial charge is 0.222 e. The summed E-state index contributed by atoms with van der Waals surface area (Å²) < 4.78 is 6.07. The average molecular weight is 273 g/mol. The molecule has 0 fully saturated rings. The van der Waals surface area contributed by atoms with E-state index in [2.05, 4.69) is 36.2 Å². The van der Waals surface area contributed by atoms with Gasteiger partial charge in [-0.05, 0) is 44.2 Å². The average Bonchev–Trinajstić information content (AvgIpc) is 2.76. The van der Waals surface area contributed by atoms with Crippen LogP contribution in [0.5, 0.6) is 0 Å². The van der Waals surface area contributed by atoms with Crippen LogP contribution in [-0.4, -0.2) is 17.7 Å². The minimum Gasteiger partial charge on any atom is -0.352 e. The van der Waals surface area contributed by atoms with Crippen molar-refractivity contribution in [2.75, 3.05) is 0 Å². The number of ether oxygens (including phenoxy) is 1. The van der Waals surface area contributed by atoms with Crippen LogP contribution >= 0.6 is 0 Å². The molecule has 0 aromatic heterocycles. The summed E-state index contributed by atoms with van der Waals surface area (Å²) in [5.41, 5.74) is 2.07. The number of carbonyl (C=O) groups excluding carboxylic acids is 1. The van der Waals surface area contributed by atoms with Gasteiger partial charge in [0, 0.05) is 6.42 Å². The van der Waals surface area contributed by atoms with Gasteiger partial charge in [0.25, 0.3) is 0 Å². The molecular formula is C17H23NO2. The van der Waals surface area contributed by atoms with Crippen LogP contribution < -0.4 is 5.32 Å². The molecule has 1 aliphatic carbocycles. The molecule has 0 radical (unpaired) electrons. The second-order valence-electron chi connectivity index (χ2n) is 5.80. The molecule has 20 heavy (non-hydrogen) atoms. The SMILES string of the molecule is C=CCCC(=O)NC(C)(C)OC1Cc2ccccc2C1. The molecule has 1 aromatic carbocycles. The van der Waals surface area contributed by atoms with Crippen LogP contribution in [0.1, 0.15) is 37.8 Å². The van der Waals surface area contributed by atoms with Gasteiger partial charge < -0.3 is 10.1 Å². The van der Waals surface area contributed by atoms with Gasteiger partial charge in [0.2, 0.25) is 5.91 Å². The lowest BCUT2D eigenvalue weighted by atomic mass is 10.1. The Morgan fingerprint density at radius 1 is 1.40 bits per heavy atom. The van der Waals surface area contributed by atoms with Crippen LogP contribution in [0.2, 0.25) is 0 Å². The predicted molar refractivity (Wildman–Crippen MR) is 80.4 cm³/mol. The number of amides is 1. The third-order valence-corrected chi connectivity index (χ3v) is 3.49. The lowest BCUT2D eigenvalue weighted by molar-refractivity contribution is -0.136. The highest BCUT2D eigenvalue weighted by molar-refractivity contribution is 5.76. The highest BCUT2D eigenvalue weighted by Crippen LogP contribution is 2.26. The van der Waals surface area contributed by atoms with Crippen LogP contribution in [0.3, 0.4) is 0 Å². The molecule has 0 unspecified atom stereocenters. The van der Waals surface area contributed by atoms with Gasteiger partial charge >= 0.3 is 0 Å². The molecule has 0 bridgehead atoms. The monoisotopic (exact) mass is 273 g/mol. The van der Waals surface area contributed by atoms with E-state index < -0.39 is 5.72 Å². The van der Waals surface area contributed by atoms with E-state index >= 15 is 0 Å². The largest absolute Gasteiger partial charge is 0.352 e. The van der Waals surface area contributed by atoms with Crippen molar-refractivity contribution >= 4 is 5.91 Å². The quantitative estimate of drug-likeness (QED) is 0.639. The third-order valence-electron chi connectivity index (χ3n) is 3.49. The molecule has 1 aromatic rings. The fourth-order valence-electron chi connectivity index (χ4n) is 2.68. The van der Waals surface area contributed by atoms with Crippen LogP contribution in [0.4, 0.5) is 0 Å². The normalized spacial score (nSPS) is 14.9. The number of benzene rings is 1. The van der Waals surface area contributed by atoms with Crippen molar-refractivity contribution in [1.29, 1.82) is 0 Å². The number of fused-ring (bicyclic) bond motifs is 1. The molecule has 0 aliphatic heterocycles. The van der Waals surface area contributed by atoms with Gasteiger partial charge in [-0.2, -0.15) is 0 Å². The number of rotatable bonds is 6. The van der Waals surface area contributed by atoms with E-state index in [0.29, 0.717) is 12.8 Å². The van der Waals surface area contributed by atoms with Crippen molar-refractivity contribution in [2.45, 2.75) is 51.4 Å². The lowest BCUT2D eigenvalue weighted by Crippen LogP contribution is -2.47. The first kappa shape index (κ1) is 14.8. The van der Waals surface area contributed by atoms with Gasteiger partial charge in [-0.25, -0.2) is 0 Å². The lowest BCUT2D eigenvalue weighted by Gasteiger charge is -2.30. The maximum absolute atomic E-state index is 11.8. The summed E-state index contributed by atoms with van der Waals surface area (Å²) in [4.78, 5) is 11.8. The predicted octanol–water partition coefficient (Wildman–Crippen LogP) is 2.99. The van der Waals surface area contributed by atoms with Gasteiger partial charge in [0.15, 0.2) is 0 Å². The van der Waals surface area contributed by atoms with Crippen molar-refractivity contribution in [3.8, 4) is 0 Å². The molecule has 0 saturated heterocycles. The Balaban J connectivity index is 1.87. The van der Waals surface area contributed by atoms with E-state index in [1.165, 1.54) is 11.1 Å². The molecule has 0 saturated carbocycles. The summed E-state index contributed by atoms with van der Waals surface area (Å²) in [6.45, 7) is 7.43. The van der Waals surface area contributed by atoms with Crippen LogP contribution in [-0.2, 0) is 22.4 Å². The minimum absolute atomic E-state index is 0.00501. The van der Waals surface area contributed by atoms with E-state index in [1.54, 1.807) is 6.08 Å². The second-order valence-corrected chi connectivity index (χ2v) is 5.80. The number of nitrogens with one attached hydrogen (secondary N) is 1. The van der Waals surface area contributed by atoms with Gasteiger partial charge in [-0.3, -0.25) is 4.79 Å². The Bertz CT molecular complexity index is 469. The van der Waals surface area contributed by atoms with E-state index in [4.69, 9.17) is 4.74 Å². The van der Waals surface area contributed by atoms with Crippen molar-refractivity contribution in [3.63, 3.8) is 0 Å². The number of hydrogen-bond donors (Lipinski definition) is 1. The van der Waals surface area contributed by atoms with Crippen molar-refractivity contribution < 1.29 is 9.53 Å². The van der Waals surface area contributed by atoms with E-state index in [9.17, 15) is 4.79 Å². The number of carbonyl (C=O) groups is 1. The fraction of sp³-hybridized carbons (Fsp3) is 0.471. The van der Waals surface area contributed by atoms with E-state index in [1.807, 2.05) is 13.8 Å². The number of allylic oxidation sites excluding steroid dienone is 1. The Morgan fingerprint density at radius 2 is 2.00 bits per heavy atom. The fourth-order valence-corrected chi connectivity index (χ4v) is 2.68. The standard InChI is InChI=1S/C17H23NO2/c1-4-5-10-16(19)18-17(2,3)20-15-11-13-8-6-7-9-14(13)12-15/h4,6-9,15H,1,5,10-12H2,2-3H3,(H,18,19). The Morgan fingerprint density at radius 3 is 2.55 bits per heavy atom. The Kier molecular flexibility index (Phi) is 4.61. The van der Waals surface area contributed by atoms with Crippen LogP contribution in [0.25, 0.3) is 0 Å². The third kappa shape index (κ3) is 3.94. The molecule has 0 heterocycles. The first-order valence-corrected chi connectivity index (χ1v) is 7.16. The number of hydrogen-bond acceptors (Lipinski definition) is 2. The molecule has 2 rings (SSSR count). The second kappa shape index (κ2) is 6.23. The van der Waals surface area contributed by atoms with Crippen LogP contribution in [0.15, 0.2) is 36.9 Å². The molecule has 0 atom stereocenters. The summed E-state index contributed by atoms with van der Waals surface area (Å²) in [5.74, 6) is 0.00501. The first-order chi connectivity index (χ1) is 9.50. The Hall–Kier alpha value is -1.61. The zero-order chi connectivity index (χ0) is 14.6. The van der Waals surface area contributed by atoms with Crippen molar-refractivity contribution in [1.82, 2.24) is 5.32 Å². The molecule has 1 N–H and O–H groups in total. The minimum atomic E-state index is -0.634. The first-order valence-electron chi connectivity index (χ1n) is 7.16. The van der Waals surface area contributed by atoms with E-state index in [-0.39, 0.29) is 12.0 Å². The molecule has 3 heteroatoms. The van der Waals surface area contributed by atoms with E-state index in [0.717, 1.165) is 12.8 Å². The van der Waals surface area contributed by atoms with Crippen LogP contribution in [0, 0.1) is 0 Å². The molecular weight excluding hydrogens is 250 g/mol. The molecule has 3 nitrogen and oxygen atoms in total. The van der Waals surface area contributed by atoms with Crippen molar-refractivity contribution in [2.24, 2.45) is 0 Å². The summed E-state index contributed by atoms with van der Waals surface area (Å²) in [7, 11) is 0. The molecule has 0 spiro atoms.